The normalized spacial score (nSPS) is 18.7. The van der Waals surface area contributed by atoms with Crippen LogP contribution in [0.5, 0.6) is 0 Å². The number of ketones is 1. The minimum Gasteiger partial charge on any atom is -0.292 e. The topological polar surface area (TPSA) is 34.9 Å². The van der Waals surface area contributed by atoms with E-state index in [1.807, 2.05) is 19.3 Å². The first-order valence-electron chi connectivity index (χ1n) is 5.81. The SMILES string of the molecule is Cn1ccc(C(=O)C2CCCCCC2)n1. The quantitative estimate of drug-likeness (QED) is 0.550. The summed E-state index contributed by atoms with van der Waals surface area (Å²) in [4.78, 5) is 12.1. The van der Waals surface area contributed by atoms with Gasteiger partial charge in [-0.25, -0.2) is 0 Å². The second-order valence-electron chi connectivity index (χ2n) is 4.43. The van der Waals surface area contributed by atoms with Gasteiger partial charge in [0.2, 0.25) is 0 Å². The third kappa shape index (κ3) is 2.46. The van der Waals surface area contributed by atoms with Crippen molar-refractivity contribution in [2.75, 3.05) is 0 Å². The molecule has 0 amide bonds. The van der Waals surface area contributed by atoms with Gasteiger partial charge in [0.1, 0.15) is 5.69 Å². The lowest BCUT2D eigenvalue weighted by Crippen LogP contribution is -2.14. The van der Waals surface area contributed by atoms with E-state index in [0.29, 0.717) is 5.69 Å². The van der Waals surface area contributed by atoms with E-state index in [9.17, 15) is 4.79 Å². The fourth-order valence-corrected chi connectivity index (χ4v) is 2.30. The highest BCUT2D eigenvalue weighted by Gasteiger charge is 2.22. The molecule has 1 aromatic rings. The molecule has 1 fully saturated rings. The van der Waals surface area contributed by atoms with Crippen molar-refractivity contribution in [3.05, 3.63) is 18.0 Å². The van der Waals surface area contributed by atoms with E-state index in [2.05, 4.69) is 5.10 Å². The van der Waals surface area contributed by atoms with E-state index < -0.39 is 0 Å². The Morgan fingerprint density at radius 1 is 1.33 bits per heavy atom. The average molecular weight is 206 g/mol. The molecule has 1 heterocycles. The highest BCUT2D eigenvalue weighted by atomic mass is 16.1. The van der Waals surface area contributed by atoms with Crippen LogP contribution in [0.1, 0.15) is 49.0 Å². The first-order chi connectivity index (χ1) is 7.27. The lowest BCUT2D eigenvalue weighted by Gasteiger charge is -2.10. The summed E-state index contributed by atoms with van der Waals surface area (Å²) in [7, 11) is 1.85. The molecule has 1 saturated carbocycles. The molecular formula is C12H18N2O. The van der Waals surface area contributed by atoms with Gasteiger partial charge in [-0.05, 0) is 18.9 Å². The summed E-state index contributed by atoms with van der Waals surface area (Å²) in [5.41, 5.74) is 0.643. The molecule has 0 N–H and O–H groups in total. The Morgan fingerprint density at radius 2 is 2.00 bits per heavy atom. The van der Waals surface area contributed by atoms with E-state index in [4.69, 9.17) is 0 Å². The number of aromatic nitrogens is 2. The van der Waals surface area contributed by atoms with Gasteiger partial charge < -0.3 is 0 Å². The molecule has 1 aliphatic rings. The van der Waals surface area contributed by atoms with Crippen LogP contribution in [-0.2, 0) is 7.05 Å². The smallest absolute Gasteiger partial charge is 0.186 e. The number of carbonyl (C=O) groups excluding carboxylic acids is 1. The number of nitrogens with zero attached hydrogens (tertiary/aromatic N) is 2. The van der Waals surface area contributed by atoms with Gasteiger partial charge in [0, 0.05) is 19.2 Å². The Labute approximate surface area is 90.5 Å². The zero-order valence-electron chi connectivity index (χ0n) is 9.28. The van der Waals surface area contributed by atoms with Crippen molar-refractivity contribution in [2.24, 2.45) is 13.0 Å². The predicted octanol–water partition coefficient (Wildman–Crippen LogP) is 2.57. The molecule has 0 bridgehead atoms. The summed E-state index contributed by atoms with van der Waals surface area (Å²) in [6.45, 7) is 0. The van der Waals surface area contributed by atoms with Crippen LogP contribution in [0.2, 0.25) is 0 Å². The number of rotatable bonds is 2. The molecule has 3 heteroatoms. The second-order valence-corrected chi connectivity index (χ2v) is 4.43. The summed E-state index contributed by atoms with van der Waals surface area (Å²) in [5, 5.41) is 4.18. The van der Waals surface area contributed by atoms with Gasteiger partial charge in [0.15, 0.2) is 5.78 Å². The molecule has 0 spiro atoms. The maximum Gasteiger partial charge on any atom is 0.186 e. The predicted molar refractivity (Wildman–Crippen MR) is 58.7 cm³/mol. The number of aryl methyl sites for hydroxylation is 1. The maximum absolute atomic E-state index is 12.1. The molecule has 0 radical (unpaired) electrons. The van der Waals surface area contributed by atoms with Crippen LogP contribution in [0.4, 0.5) is 0 Å². The van der Waals surface area contributed by atoms with E-state index in [0.717, 1.165) is 12.8 Å². The van der Waals surface area contributed by atoms with Crippen molar-refractivity contribution in [1.82, 2.24) is 9.78 Å². The average Bonchev–Trinajstić information content (AvgIpc) is 2.53. The summed E-state index contributed by atoms with van der Waals surface area (Å²) >= 11 is 0. The third-order valence-electron chi connectivity index (χ3n) is 3.19. The van der Waals surface area contributed by atoms with Crippen molar-refractivity contribution >= 4 is 5.78 Å². The lowest BCUT2D eigenvalue weighted by molar-refractivity contribution is 0.0902. The first-order valence-corrected chi connectivity index (χ1v) is 5.81. The molecule has 3 nitrogen and oxygen atoms in total. The minimum atomic E-state index is 0.224. The van der Waals surface area contributed by atoms with Gasteiger partial charge in [0.25, 0.3) is 0 Å². The lowest BCUT2D eigenvalue weighted by atomic mass is 9.94. The van der Waals surface area contributed by atoms with E-state index in [1.54, 1.807) is 4.68 Å². The second kappa shape index (κ2) is 4.60. The van der Waals surface area contributed by atoms with Crippen LogP contribution >= 0.6 is 0 Å². The van der Waals surface area contributed by atoms with Crippen LogP contribution in [0.3, 0.4) is 0 Å². The van der Waals surface area contributed by atoms with Crippen LogP contribution in [-0.4, -0.2) is 15.6 Å². The molecule has 0 unspecified atom stereocenters. The van der Waals surface area contributed by atoms with Crippen molar-refractivity contribution in [2.45, 2.75) is 38.5 Å². The number of hydrogen-bond donors (Lipinski definition) is 0. The molecule has 0 aliphatic heterocycles. The fraction of sp³-hybridized carbons (Fsp3) is 0.667. The van der Waals surface area contributed by atoms with Crippen LogP contribution < -0.4 is 0 Å². The highest BCUT2D eigenvalue weighted by molar-refractivity contribution is 5.95. The van der Waals surface area contributed by atoms with Crippen LogP contribution in [0.15, 0.2) is 12.3 Å². The Hall–Kier alpha value is -1.12. The Kier molecular flexibility index (Phi) is 3.19. The van der Waals surface area contributed by atoms with Crippen LogP contribution in [0, 0.1) is 5.92 Å². The summed E-state index contributed by atoms with van der Waals surface area (Å²) in [6, 6.07) is 1.83. The first kappa shape index (κ1) is 10.4. The number of carbonyl (C=O) groups is 1. The Bertz CT molecular complexity index is 335. The van der Waals surface area contributed by atoms with E-state index >= 15 is 0 Å². The highest BCUT2D eigenvalue weighted by Crippen LogP contribution is 2.25. The summed E-state index contributed by atoms with van der Waals surface area (Å²) in [6.07, 6.45) is 8.90. The van der Waals surface area contributed by atoms with Gasteiger partial charge in [-0.15, -0.1) is 0 Å². The largest absolute Gasteiger partial charge is 0.292 e. The Balaban J connectivity index is 2.06. The molecule has 1 aliphatic carbocycles. The molecule has 2 rings (SSSR count). The van der Waals surface area contributed by atoms with Crippen molar-refractivity contribution in [1.29, 1.82) is 0 Å². The fourth-order valence-electron chi connectivity index (χ4n) is 2.30. The standard InChI is InChI=1S/C12H18N2O/c1-14-9-8-11(13-14)12(15)10-6-4-2-3-5-7-10/h8-10H,2-7H2,1H3. The zero-order chi connectivity index (χ0) is 10.7. The monoisotopic (exact) mass is 206 g/mol. The van der Waals surface area contributed by atoms with Crippen molar-refractivity contribution < 1.29 is 4.79 Å². The van der Waals surface area contributed by atoms with Crippen molar-refractivity contribution in [3.8, 4) is 0 Å². The van der Waals surface area contributed by atoms with E-state index in [-0.39, 0.29) is 11.7 Å². The van der Waals surface area contributed by atoms with Gasteiger partial charge in [0.05, 0.1) is 0 Å². The summed E-state index contributed by atoms with van der Waals surface area (Å²) in [5.74, 6) is 0.472. The molecule has 15 heavy (non-hydrogen) atoms. The van der Waals surface area contributed by atoms with Crippen molar-refractivity contribution in [3.63, 3.8) is 0 Å². The molecular weight excluding hydrogens is 188 g/mol. The minimum absolute atomic E-state index is 0.224. The third-order valence-corrected chi connectivity index (χ3v) is 3.19. The van der Waals surface area contributed by atoms with E-state index in [1.165, 1.54) is 25.7 Å². The molecule has 0 saturated heterocycles. The van der Waals surface area contributed by atoms with Gasteiger partial charge in [-0.1, -0.05) is 25.7 Å². The molecule has 0 atom stereocenters. The molecule has 0 aromatic carbocycles. The number of Topliss-reactive ketones (excluding diaryl/α,β-unsaturated/α-hetero) is 1. The summed E-state index contributed by atoms with van der Waals surface area (Å²) < 4.78 is 1.70. The molecule has 82 valence electrons. The molecule has 1 aromatic heterocycles. The van der Waals surface area contributed by atoms with Gasteiger partial charge in [-0.3, -0.25) is 9.48 Å². The Morgan fingerprint density at radius 3 is 2.53 bits per heavy atom. The van der Waals surface area contributed by atoms with Gasteiger partial charge in [-0.2, -0.15) is 5.10 Å². The zero-order valence-corrected chi connectivity index (χ0v) is 9.28. The van der Waals surface area contributed by atoms with Crippen LogP contribution in [0.25, 0.3) is 0 Å². The van der Waals surface area contributed by atoms with Gasteiger partial charge >= 0.3 is 0 Å². The number of hydrogen-bond acceptors (Lipinski definition) is 2. The maximum atomic E-state index is 12.1.